The van der Waals surface area contributed by atoms with Gasteiger partial charge in [-0.05, 0) is 70.4 Å². The van der Waals surface area contributed by atoms with Gasteiger partial charge in [0, 0.05) is 22.5 Å². The molecule has 1 aromatic heterocycles. The second kappa shape index (κ2) is 5.11. The standard InChI is InChI=1S/C19H23BFNO3/c1-17(2)18(3,4)25-20(24-17)16(21)10-19(7-8-19)14-11-22-15-6-5-12(23)9-13(14)15/h5-6,9-11,22-23H,7-8H2,1-4H3. The molecule has 132 valence electrons. The van der Waals surface area contributed by atoms with Gasteiger partial charge in [0.15, 0.2) is 0 Å². The van der Waals surface area contributed by atoms with Gasteiger partial charge in [0.25, 0.3) is 0 Å². The molecule has 6 heteroatoms. The first-order valence-corrected chi connectivity index (χ1v) is 8.68. The molecule has 1 saturated heterocycles. The van der Waals surface area contributed by atoms with E-state index in [0.29, 0.717) is 0 Å². The Bertz CT molecular complexity index is 851. The molecule has 0 radical (unpaired) electrons. The van der Waals surface area contributed by atoms with Crippen molar-refractivity contribution in [3.05, 3.63) is 41.8 Å². The molecule has 2 aliphatic rings. The molecule has 0 unspecified atom stereocenters. The van der Waals surface area contributed by atoms with Crippen LogP contribution in [0.25, 0.3) is 10.9 Å². The Kier molecular flexibility index (Phi) is 3.41. The zero-order valence-electron chi connectivity index (χ0n) is 15.0. The largest absolute Gasteiger partial charge is 0.524 e. The fourth-order valence-electron chi connectivity index (χ4n) is 3.43. The summed E-state index contributed by atoms with van der Waals surface area (Å²) in [6.07, 6.45) is 5.28. The highest BCUT2D eigenvalue weighted by Gasteiger charge is 2.54. The molecule has 0 spiro atoms. The van der Waals surface area contributed by atoms with Gasteiger partial charge in [0.1, 0.15) is 11.5 Å². The van der Waals surface area contributed by atoms with E-state index >= 15 is 0 Å². The molecular formula is C19H23BFNO3. The molecule has 2 fully saturated rings. The predicted octanol–water partition coefficient (Wildman–Crippen LogP) is 4.39. The van der Waals surface area contributed by atoms with E-state index in [-0.39, 0.29) is 16.9 Å². The summed E-state index contributed by atoms with van der Waals surface area (Å²) in [6.45, 7) is 7.65. The van der Waals surface area contributed by atoms with Crippen LogP contribution in [0.3, 0.4) is 0 Å². The molecule has 4 nitrogen and oxygen atoms in total. The number of fused-ring (bicyclic) bond motifs is 1. The number of aromatic amines is 1. The lowest BCUT2D eigenvalue weighted by atomic mass is 9.83. The van der Waals surface area contributed by atoms with Gasteiger partial charge in [-0.25, -0.2) is 4.39 Å². The average Bonchev–Trinajstić information content (AvgIpc) is 3.08. The Morgan fingerprint density at radius 1 is 1.20 bits per heavy atom. The van der Waals surface area contributed by atoms with Gasteiger partial charge in [-0.1, -0.05) is 0 Å². The van der Waals surface area contributed by atoms with E-state index < -0.39 is 18.3 Å². The highest BCUT2D eigenvalue weighted by Crippen LogP contribution is 2.53. The van der Waals surface area contributed by atoms with E-state index in [1.165, 1.54) is 0 Å². The van der Waals surface area contributed by atoms with Crippen molar-refractivity contribution in [3.63, 3.8) is 0 Å². The predicted molar refractivity (Wildman–Crippen MR) is 96.1 cm³/mol. The molecule has 1 aliphatic carbocycles. The summed E-state index contributed by atoms with van der Waals surface area (Å²) in [6, 6.07) is 5.20. The summed E-state index contributed by atoms with van der Waals surface area (Å²) in [4.78, 5) is 3.21. The molecule has 2 heterocycles. The molecule has 1 aliphatic heterocycles. The molecular weight excluding hydrogens is 320 g/mol. The number of halogens is 1. The average molecular weight is 343 g/mol. The smallest absolute Gasteiger partial charge is 0.508 e. The minimum absolute atomic E-state index is 0.208. The Hall–Kier alpha value is -1.79. The second-order valence-electron chi connectivity index (χ2n) is 8.21. The summed E-state index contributed by atoms with van der Waals surface area (Å²) in [5, 5.41) is 10.7. The first-order chi connectivity index (χ1) is 11.6. The Morgan fingerprint density at radius 3 is 2.44 bits per heavy atom. The Labute approximate surface area is 147 Å². The van der Waals surface area contributed by atoms with Crippen LogP contribution < -0.4 is 0 Å². The number of phenols is 1. The fourth-order valence-corrected chi connectivity index (χ4v) is 3.43. The Morgan fingerprint density at radius 2 is 1.84 bits per heavy atom. The SMILES string of the molecule is CC1(C)OB(C(F)=CC2(c3c[nH]c4ccc(O)cc34)CC2)OC1(C)C. The minimum Gasteiger partial charge on any atom is -0.508 e. The van der Waals surface area contributed by atoms with Crippen LogP contribution in [0.5, 0.6) is 5.75 Å². The van der Waals surface area contributed by atoms with E-state index in [9.17, 15) is 9.50 Å². The summed E-state index contributed by atoms with van der Waals surface area (Å²) in [7, 11) is -0.971. The van der Waals surface area contributed by atoms with Crippen LogP contribution in [0.15, 0.2) is 36.2 Å². The third kappa shape index (κ3) is 2.59. The van der Waals surface area contributed by atoms with Crippen molar-refractivity contribution in [1.29, 1.82) is 0 Å². The van der Waals surface area contributed by atoms with Crippen molar-refractivity contribution in [1.82, 2.24) is 4.98 Å². The van der Waals surface area contributed by atoms with Gasteiger partial charge < -0.3 is 19.4 Å². The minimum atomic E-state index is -0.971. The molecule has 0 atom stereocenters. The summed E-state index contributed by atoms with van der Waals surface area (Å²) >= 11 is 0. The number of H-pyrrole nitrogens is 1. The highest BCUT2D eigenvalue weighted by molar-refractivity contribution is 6.53. The van der Waals surface area contributed by atoms with Crippen molar-refractivity contribution < 1.29 is 18.8 Å². The fraction of sp³-hybridized carbons (Fsp3) is 0.474. The van der Waals surface area contributed by atoms with Crippen molar-refractivity contribution in [2.24, 2.45) is 0 Å². The molecule has 0 amide bonds. The topological polar surface area (TPSA) is 54.5 Å². The first kappa shape index (κ1) is 16.7. The van der Waals surface area contributed by atoms with Crippen LogP contribution in [0.1, 0.15) is 46.1 Å². The van der Waals surface area contributed by atoms with Crippen LogP contribution in [-0.4, -0.2) is 28.4 Å². The molecule has 25 heavy (non-hydrogen) atoms. The van der Waals surface area contributed by atoms with Crippen LogP contribution in [0.2, 0.25) is 0 Å². The van der Waals surface area contributed by atoms with Crippen LogP contribution >= 0.6 is 0 Å². The number of hydrogen-bond donors (Lipinski definition) is 2. The summed E-state index contributed by atoms with van der Waals surface area (Å²) in [5.74, 6) is 0.208. The lowest BCUT2D eigenvalue weighted by Crippen LogP contribution is -2.41. The summed E-state index contributed by atoms with van der Waals surface area (Å²) < 4.78 is 26.6. The lowest BCUT2D eigenvalue weighted by Gasteiger charge is -2.32. The third-order valence-electron chi connectivity index (χ3n) is 5.88. The number of nitrogens with one attached hydrogen (secondary N) is 1. The number of phenolic OH excluding ortho intramolecular Hbond substituents is 1. The van der Waals surface area contributed by atoms with Gasteiger partial charge in [-0.2, -0.15) is 0 Å². The van der Waals surface area contributed by atoms with Crippen LogP contribution in [0, 0.1) is 0 Å². The monoisotopic (exact) mass is 343 g/mol. The second-order valence-corrected chi connectivity index (χ2v) is 8.21. The third-order valence-corrected chi connectivity index (χ3v) is 5.88. The number of hydrogen-bond acceptors (Lipinski definition) is 3. The van der Waals surface area contributed by atoms with E-state index in [2.05, 4.69) is 4.98 Å². The van der Waals surface area contributed by atoms with E-state index in [0.717, 1.165) is 29.3 Å². The zero-order chi connectivity index (χ0) is 18.0. The zero-order valence-corrected chi connectivity index (χ0v) is 15.0. The molecule has 2 N–H and O–H groups in total. The molecule has 2 aromatic rings. The lowest BCUT2D eigenvalue weighted by molar-refractivity contribution is 0.00578. The van der Waals surface area contributed by atoms with Gasteiger partial charge >= 0.3 is 7.12 Å². The van der Waals surface area contributed by atoms with Crippen molar-refractivity contribution in [2.75, 3.05) is 0 Å². The van der Waals surface area contributed by atoms with Crippen LogP contribution in [0.4, 0.5) is 4.39 Å². The van der Waals surface area contributed by atoms with E-state index in [1.54, 1.807) is 18.2 Å². The maximum Gasteiger partial charge on any atom is 0.524 e. The normalized spacial score (nSPS) is 24.0. The van der Waals surface area contributed by atoms with Gasteiger partial charge in [0.2, 0.25) is 0 Å². The molecule has 1 aromatic carbocycles. The quantitative estimate of drug-likeness (QED) is 0.813. The van der Waals surface area contributed by atoms with Crippen molar-refractivity contribution in [2.45, 2.75) is 57.2 Å². The van der Waals surface area contributed by atoms with Crippen molar-refractivity contribution >= 4 is 18.0 Å². The van der Waals surface area contributed by atoms with Gasteiger partial charge in [-0.3, -0.25) is 0 Å². The molecule has 1 saturated carbocycles. The highest BCUT2D eigenvalue weighted by atomic mass is 19.1. The summed E-state index contributed by atoms with van der Waals surface area (Å²) in [5.41, 5.74) is 0.0667. The maximum absolute atomic E-state index is 15.0. The van der Waals surface area contributed by atoms with E-state index in [1.807, 2.05) is 40.0 Å². The first-order valence-electron chi connectivity index (χ1n) is 8.68. The Balaban J connectivity index is 1.67. The van der Waals surface area contributed by atoms with Crippen molar-refractivity contribution in [3.8, 4) is 5.75 Å². The maximum atomic E-state index is 15.0. The number of allylic oxidation sites excluding steroid dienone is 1. The number of aromatic hydroxyl groups is 1. The number of rotatable bonds is 3. The molecule has 0 bridgehead atoms. The van der Waals surface area contributed by atoms with Gasteiger partial charge in [-0.15, -0.1) is 0 Å². The number of aromatic nitrogens is 1. The molecule has 4 rings (SSSR count). The van der Waals surface area contributed by atoms with E-state index in [4.69, 9.17) is 9.31 Å². The van der Waals surface area contributed by atoms with Gasteiger partial charge in [0.05, 0.1) is 11.2 Å². The van der Waals surface area contributed by atoms with Crippen LogP contribution in [-0.2, 0) is 14.7 Å². The number of benzene rings is 1.